The van der Waals surface area contributed by atoms with Gasteiger partial charge in [0.1, 0.15) is 10.8 Å². The van der Waals surface area contributed by atoms with Gasteiger partial charge in [-0.3, -0.25) is 10.1 Å². The largest absolute Gasteiger partial charge is 0.478 e. The van der Waals surface area contributed by atoms with Crippen molar-refractivity contribution in [3.63, 3.8) is 0 Å². The second kappa shape index (κ2) is 5.66. The van der Waals surface area contributed by atoms with Gasteiger partial charge in [-0.2, -0.15) is 0 Å². The predicted molar refractivity (Wildman–Crippen MR) is 68.4 cm³/mol. The fraction of sp³-hybridized carbons (Fsp3) is 0. The van der Waals surface area contributed by atoms with Gasteiger partial charge in [0.25, 0.3) is 5.69 Å². The maximum Gasteiger partial charge on any atom is 0.337 e. The zero-order valence-electron chi connectivity index (χ0n) is 9.82. The van der Waals surface area contributed by atoms with E-state index < -0.39 is 16.7 Å². The van der Waals surface area contributed by atoms with Gasteiger partial charge in [-0.25, -0.2) is 14.2 Å². The number of nitro groups is 1. The number of aromatic nitrogens is 1. The first kappa shape index (κ1) is 13.9. The average Bonchev–Trinajstić information content (AvgIpc) is 2.38. The average molecular weight is 294 g/mol. The van der Waals surface area contributed by atoms with E-state index in [-0.39, 0.29) is 11.3 Å². The van der Waals surface area contributed by atoms with Gasteiger partial charge in [0, 0.05) is 17.2 Å². The van der Waals surface area contributed by atoms with E-state index in [1.807, 2.05) is 0 Å². The number of aromatic carboxylic acids is 1. The number of hydrogen-bond donors (Lipinski definition) is 1. The molecule has 0 saturated carbocycles. The summed E-state index contributed by atoms with van der Waals surface area (Å²) >= 11 is 1.01. The predicted octanol–water partition coefficient (Wildman–Crippen LogP) is 2.98. The van der Waals surface area contributed by atoms with Crippen molar-refractivity contribution in [1.29, 1.82) is 0 Å². The van der Waals surface area contributed by atoms with Crippen LogP contribution < -0.4 is 0 Å². The summed E-state index contributed by atoms with van der Waals surface area (Å²) in [4.78, 5) is 24.8. The molecule has 8 heteroatoms. The maximum atomic E-state index is 13.2. The summed E-state index contributed by atoms with van der Waals surface area (Å²) in [6.07, 6.45) is 1.17. The Balaban J connectivity index is 2.25. The van der Waals surface area contributed by atoms with Gasteiger partial charge in [0.15, 0.2) is 0 Å². The fourth-order valence-electron chi connectivity index (χ4n) is 1.40. The molecule has 2 aromatic rings. The Kier molecular flexibility index (Phi) is 3.94. The minimum atomic E-state index is -1.10. The Labute approximate surface area is 116 Å². The third kappa shape index (κ3) is 3.29. The highest BCUT2D eigenvalue weighted by atomic mass is 32.2. The van der Waals surface area contributed by atoms with Crippen LogP contribution in [0.3, 0.4) is 0 Å². The number of carbonyl (C=O) groups is 1. The second-order valence-corrected chi connectivity index (χ2v) is 4.79. The van der Waals surface area contributed by atoms with Crippen molar-refractivity contribution in [2.24, 2.45) is 0 Å². The molecule has 0 saturated heterocycles. The third-order valence-corrected chi connectivity index (χ3v) is 3.19. The van der Waals surface area contributed by atoms with Crippen LogP contribution in [-0.4, -0.2) is 21.0 Å². The van der Waals surface area contributed by atoms with E-state index in [1.54, 1.807) is 0 Å². The first-order valence-corrected chi connectivity index (χ1v) is 6.09. The number of rotatable bonds is 4. The lowest BCUT2D eigenvalue weighted by atomic mass is 10.3. The standard InChI is InChI=1S/C12H7FN2O4S/c13-8-3-9(15(18)19)5-10(4-8)20-11-2-1-7(6-14-11)12(16)17/h1-6H,(H,16,17). The second-order valence-electron chi connectivity index (χ2n) is 3.69. The lowest BCUT2D eigenvalue weighted by molar-refractivity contribution is -0.385. The molecule has 0 aliphatic rings. The van der Waals surface area contributed by atoms with Gasteiger partial charge in [0.05, 0.1) is 16.6 Å². The van der Waals surface area contributed by atoms with Crippen molar-refractivity contribution in [2.75, 3.05) is 0 Å². The minimum Gasteiger partial charge on any atom is -0.478 e. The normalized spacial score (nSPS) is 10.2. The van der Waals surface area contributed by atoms with Crippen LogP contribution in [0.5, 0.6) is 0 Å². The molecule has 6 nitrogen and oxygen atoms in total. The third-order valence-electron chi connectivity index (χ3n) is 2.27. The smallest absolute Gasteiger partial charge is 0.337 e. The molecule has 2 rings (SSSR count). The Hall–Kier alpha value is -2.48. The van der Waals surface area contributed by atoms with Crippen molar-refractivity contribution in [3.8, 4) is 0 Å². The first-order valence-electron chi connectivity index (χ1n) is 5.28. The molecule has 20 heavy (non-hydrogen) atoms. The summed E-state index contributed by atoms with van der Waals surface area (Å²) in [5.74, 6) is -1.82. The molecule has 0 spiro atoms. The number of pyridine rings is 1. The van der Waals surface area contributed by atoms with Crippen LogP contribution in [0.4, 0.5) is 10.1 Å². The Morgan fingerprint density at radius 2 is 2.10 bits per heavy atom. The van der Waals surface area contributed by atoms with Gasteiger partial charge in [-0.1, -0.05) is 11.8 Å². The monoisotopic (exact) mass is 294 g/mol. The van der Waals surface area contributed by atoms with E-state index in [0.717, 1.165) is 23.9 Å². The number of nitro benzene ring substituents is 1. The Bertz CT molecular complexity index is 676. The molecule has 0 amide bonds. The molecule has 1 aromatic carbocycles. The summed E-state index contributed by atoms with van der Waals surface area (Å²) < 4.78 is 13.2. The maximum absolute atomic E-state index is 13.2. The summed E-state index contributed by atoms with van der Waals surface area (Å²) in [5, 5.41) is 19.8. The van der Waals surface area contributed by atoms with Gasteiger partial charge in [0.2, 0.25) is 0 Å². The SMILES string of the molecule is O=C(O)c1ccc(Sc2cc(F)cc([N+](=O)[O-])c2)nc1. The number of halogens is 1. The number of nitrogens with zero attached hydrogens (tertiary/aromatic N) is 2. The highest BCUT2D eigenvalue weighted by Gasteiger charge is 2.11. The van der Waals surface area contributed by atoms with Gasteiger partial charge >= 0.3 is 5.97 Å². The quantitative estimate of drug-likeness (QED) is 0.688. The highest BCUT2D eigenvalue weighted by Crippen LogP contribution is 2.29. The van der Waals surface area contributed by atoms with Crippen LogP contribution in [0.2, 0.25) is 0 Å². The number of benzene rings is 1. The molecule has 0 fully saturated rings. The molecular weight excluding hydrogens is 287 g/mol. The molecule has 1 N–H and O–H groups in total. The van der Waals surface area contributed by atoms with Crippen LogP contribution in [-0.2, 0) is 0 Å². The van der Waals surface area contributed by atoms with E-state index in [1.165, 1.54) is 24.4 Å². The molecule has 0 radical (unpaired) electrons. The number of non-ortho nitro benzene ring substituents is 1. The first-order chi connectivity index (χ1) is 9.45. The molecule has 1 heterocycles. The van der Waals surface area contributed by atoms with Crippen LogP contribution in [0.1, 0.15) is 10.4 Å². The minimum absolute atomic E-state index is 0.0274. The summed E-state index contributed by atoms with van der Waals surface area (Å²) in [7, 11) is 0. The van der Waals surface area contributed by atoms with Crippen molar-refractivity contribution in [3.05, 3.63) is 58.0 Å². The molecule has 0 unspecified atom stereocenters. The lowest BCUT2D eigenvalue weighted by Crippen LogP contribution is -1.96. The molecule has 102 valence electrons. The van der Waals surface area contributed by atoms with Crippen molar-refractivity contribution >= 4 is 23.4 Å². The Morgan fingerprint density at radius 1 is 1.35 bits per heavy atom. The molecule has 1 aromatic heterocycles. The summed E-state index contributed by atoms with van der Waals surface area (Å²) in [6, 6.07) is 5.99. The van der Waals surface area contributed by atoms with E-state index in [0.29, 0.717) is 9.92 Å². The van der Waals surface area contributed by atoms with Crippen LogP contribution in [0.15, 0.2) is 46.5 Å². The molecule has 0 bridgehead atoms. The molecule has 0 aliphatic heterocycles. The van der Waals surface area contributed by atoms with E-state index in [2.05, 4.69) is 4.98 Å². The van der Waals surface area contributed by atoms with Crippen molar-refractivity contribution in [2.45, 2.75) is 9.92 Å². The lowest BCUT2D eigenvalue weighted by Gasteiger charge is -2.02. The van der Waals surface area contributed by atoms with Gasteiger partial charge in [-0.05, 0) is 18.2 Å². The van der Waals surface area contributed by atoms with E-state index >= 15 is 0 Å². The molecule has 0 aliphatic carbocycles. The number of carboxylic acid groups (broad SMARTS) is 1. The van der Waals surface area contributed by atoms with Crippen LogP contribution >= 0.6 is 11.8 Å². The van der Waals surface area contributed by atoms with Gasteiger partial charge in [-0.15, -0.1) is 0 Å². The molecule has 0 atom stereocenters. The van der Waals surface area contributed by atoms with Crippen molar-refractivity contribution < 1.29 is 19.2 Å². The van der Waals surface area contributed by atoms with Gasteiger partial charge < -0.3 is 5.11 Å². The Morgan fingerprint density at radius 3 is 2.65 bits per heavy atom. The summed E-state index contributed by atoms with van der Waals surface area (Å²) in [6.45, 7) is 0. The highest BCUT2D eigenvalue weighted by molar-refractivity contribution is 7.99. The molecular formula is C12H7FN2O4S. The van der Waals surface area contributed by atoms with E-state index in [4.69, 9.17) is 5.11 Å². The number of carboxylic acids is 1. The van der Waals surface area contributed by atoms with Crippen LogP contribution in [0, 0.1) is 15.9 Å². The zero-order chi connectivity index (χ0) is 14.7. The fourth-order valence-corrected chi connectivity index (χ4v) is 2.23. The van der Waals surface area contributed by atoms with E-state index in [9.17, 15) is 19.3 Å². The van der Waals surface area contributed by atoms with Crippen LogP contribution in [0.25, 0.3) is 0 Å². The number of hydrogen-bond acceptors (Lipinski definition) is 5. The summed E-state index contributed by atoms with van der Waals surface area (Å²) in [5.41, 5.74) is -0.325. The zero-order valence-corrected chi connectivity index (χ0v) is 10.6. The van der Waals surface area contributed by atoms with Crippen molar-refractivity contribution in [1.82, 2.24) is 4.98 Å². The topological polar surface area (TPSA) is 93.3 Å².